The van der Waals surface area contributed by atoms with E-state index in [1.54, 1.807) is 17.4 Å². The molecular formula is C12H10O2S. The molecule has 1 heterocycles. The van der Waals surface area contributed by atoms with Crippen molar-refractivity contribution in [2.45, 2.75) is 6.92 Å². The minimum Gasteiger partial charge on any atom is -0.478 e. The maximum absolute atomic E-state index is 10.8. The van der Waals surface area contributed by atoms with Gasteiger partial charge in [-0.1, -0.05) is 12.1 Å². The number of rotatable bonds is 2. The van der Waals surface area contributed by atoms with Crippen LogP contribution in [-0.4, -0.2) is 11.1 Å². The molecule has 0 fully saturated rings. The fourth-order valence-electron chi connectivity index (χ4n) is 1.51. The van der Waals surface area contributed by atoms with Gasteiger partial charge in [0.1, 0.15) is 0 Å². The molecule has 0 aliphatic carbocycles. The zero-order chi connectivity index (χ0) is 10.8. The van der Waals surface area contributed by atoms with Crippen molar-refractivity contribution in [2.24, 2.45) is 0 Å². The number of carboxylic acids is 1. The number of carboxylic acid groups (broad SMARTS) is 1. The zero-order valence-corrected chi connectivity index (χ0v) is 9.04. The lowest BCUT2D eigenvalue weighted by molar-refractivity contribution is 0.0696. The fraction of sp³-hybridized carbons (Fsp3) is 0.0833. The summed E-state index contributed by atoms with van der Waals surface area (Å²) in [6.45, 7) is 1.82. The third kappa shape index (κ3) is 1.92. The molecule has 0 amide bonds. The van der Waals surface area contributed by atoms with Gasteiger partial charge in [0, 0.05) is 0 Å². The average molecular weight is 218 g/mol. The Morgan fingerprint density at radius 3 is 2.60 bits per heavy atom. The molecule has 2 nitrogen and oxygen atoms in total. The first-order valence-corrected chi connectivity index (χ1v) is 5.49. The monoisotopic (exact) mass is 218 g/mol. The van der Waals surface area contributed by atoms with Crippen LogP contribution in [0.5, 0.6) is 0 Å². The SMILES string of the molecule is Cc1cc(-c2ccsc2)ccc1C(=O)O. The lowest BCUT2D eigenvalue weighted by Gasteiger charge is -2.03. The summed E-state index contributed by atoms with van der Waals surface area (Å²) in [6.07, 6.45) is 0. The summed E-state index contributed by atoms with van der Waals surface area (Å²) in [7, 11) is 0. The van der Waals surface area contributed by atoms with Gasteiger partial charge >= 0.3 is 5.97 Å². The number of benzene rings is 1. The molecule has 76 valence electrons. The van der Waals surface area contributed by atoms with Gasteiger partial charge in [-0.15, -0.1) is 0 Å². The molecule has 0 saturated heterocycles. The quantitative estimate of drug-likeness (QED) is 0.838. The first kappa shape index (κ1) is 9.93. The predicted octanol–water partition coefficient (Wildman–Crippen LogP) is 3.42. The second-order valence-electron chi connectivity index (χ2n) is 3.35. The summed E-state index contributed by atoms with van der Waals surface area (Å²) in [5.74, 6) is -0.871. The molecule has 0 aliphatic rings. The van der Waals surface area contributed by atoms with Crippen LogP contribution in [0.1, 0.15) is 15.9 Å². The Labute approximate surface area is 91.8 Å². The maximum Gasteiger partial charge on any atom is 0.335 e. The van der Waals surface area contributed by atoms with Crippen LogP contribution in [0.25, 0.3) is 11.1 Å². The standard InChI is InChI=1S/C12H10O2S/c1-8-6-9(10-4-5-15-7-10)2-3-11(8)12(13)14/h2-7H,1H3,(H,13,14). The molecule has 2 aromatic rings. The molecule has 1 aromatic heterocycles. The summed E-state index contributed by atoms with van der Waals surface area (Å²) >= 11 is 1.63. The number of hydrogen-bond acceptors (Lipinski definition) is 2. The first-order chi connectivity index (χ1) is 7.18. The van der Waals surface area contributed by atoms with Gasteiger partial charge in [-0.25, -0.2) is 4.79 Å². The van der Waals surface area contributed by atoms with E-state index in [1.165, 1.54) is 0 Å². The van der Waals surface area contributed by atoms with E-state index in [9.17, 15) is 4.79 Å². The van der Waals surface area contributed by atoms with Crippen LogP contribution in [0.4, 0.5) is 0 Å². The van der Waals surface area contributed by atoms with Crippen LogP contribution in [0, 0.1) is 6.92 Å². The summed E-state index contributed by atoms with van der Waals surface area (Å²) in [4.78, 5) is 10.8. The van der Waals surface area contributed by atoms with Crippen molar-refractivity contribution in [3.63, 3.8) is 0 Å². The van der Waals surface area contributed by atoms with E-state index in [-0.39, 0.29) is 0 Å². The van der Waals surface area contributed by atoms with Gasteiger partial charge in [0.15, 0.2) is 0 Å². The van der Waals surface area contributed by atoms with Gasteiger partial charge in [0.25, 0.3) is 0 Å². The molecule has 3 heteroatoms. The van der Waals surface area contributed by atoms with Crippen molar-refractivity contribution < 1.29 is 9.90 Å². The molecule has 1 N–H and O–H groups in total. The minimum atomic E-state index is -0.871. The van der Waals surface area contributed by atoms with Gasteiger partial charge < -0.3 is 5.11 Å². The van der Waals surface area contributed by atoms with Gasteiger partial charge in [-0.3, -0.25) is 0 Å². The summed E-state index contributed by atoms with van der Waals surface area (Å²) in [6, 6.07) is 7.44. The topological polar surface area (TPSA) is 37.3 Å². The van der Waals surface area contributed by atoms with Crippen molar-refractivity contribution in [3.05, 3.63) is 46.2 Å². The Bertz CT molecular complexity index is 486. The molecule has 0 unspecified atom stereocenters. The van der Waals surface area contributed by atoms with Crippen LogP contribution < -0.4 is 0 Å². The Morgan fingerprint density at radius 2 is 2.07 bits per heavy atom. The van der Waals surface area contributed by atoms with Crippen LogP contribution in [-0.2, 0) is 0 Å². The van der Waals surface area contributed by atoms with Gasteiger partial charge in [0.2, 0.25) is 0 Å². The highest BCUT2D eigenvalue weighted by Gasteiger charge is 2.07. The van der Waals surface area contributed by atoms with E-state index < -0.39 is 5.97 Å². The van der Waals surface area contributed by atoms with Crippen molar-refractivity contribution in [2.75, 3.05) is 0 Å². The van der Waals surface area contributed by atoms with Crippen molar-refractivity contribution >= 4 is 17.3 Å². The number of thiophene rings is 1. The van der Waals surface area contributed by atoms with Gasteiger partial charge in [0.05, 0.1) is 5.56 Å². The summed E-state index contributed by atoms with van der Waals surface area (Å²) in [5.41, 5.74) is 3.37. The van der Waals surface area contributed by atoms with Crippen LogP contribution >= 0.6 is 11.3 Å². The fourth-order valence-corrected chi connectivity index (χ4v) is 2.18. The second kappa shape index (κ2) is 3.87. The minimum absolute atomic E-state index is 0.369. The number of aryl methyl sites for hydroxylation is 1. The van der Waals surface area contributed by atoms with Crippen LogP contribution in [0.2, 0.25) is 0 Å². The zero-order valence-electron chi connectivity index (χ0n) is 8.23. The molecule has 0 radical (unpaired) electrons. The van der Waals surface area contributed by atoms with Crippen LogP contribution in [0.3, 0.4) is 0 Å². The van der Waals surface area contributed by atoms with E-state index in [2.05, 4.69) is 5.38 Å². The van der Waals surface area contributed by atoms with E-state index >= 15 is 0 Å². The first-order valence-electron chi connectivity index (χ1n) is 4.55. The predicted molar refractivity (Wildman–Crippen MR) is 61.5 cm³/mol. The molecule has 1 aromatic carbocycles. The third-order valence-electron chi connectivity index (χ3n) is 2.31. The lowest BCUT2D eigenvalue weighted by Crippen LogP contribution is -1.99. The summed E-state index contributed by atoms with van der Waals surface area (Å²) in [5, 5.41) is 12.9. The molecule has 0 saturated carbocycles. The average Bonchev–Trinajstić information content (AvgIpc) is 2.69. The van der Waals surface area contributed by atoms with E-state index in [0.717, 1.165) is 16.7 Å². The smallest absolute Gasteiger partial charge is 0.335 e. The number of aromatic carboxylic acids is 1. The number of carbonyl (C=O) groups is 1. The van der Waals surface area contributed by atoms with Crippen LogP contribution in [0.15, 0.2) is 35.0 Å². The number of hydrogen-bond donors (Lipinski definition) is 1. The highest BCUT2D eigenvalue weighted by atomic mass is 32.1. The molecule has 0 atom stereocenters. The highest BCUT2D eigenvalue weighted by Crippen LogP contribution is 2.24. The maximum atomic E-state index is 10.8. The Morgan fingerprint density at radius 1 is 1.27 bits per heavy atom. The molecule has 0 bridgehead atoms. The molecular weight excluding hydrogens is 208 g/mol. The lowest BCUT2D eigenvalue weighted by atomic mass is 10.0. The van der Waals surface area contributed by atoms with Gasteiger partial charge in [-0.2, -0.15) is 11.3 Å². The van der Waals surface area contributed by atoms with Crippen molar-refractivity contribution in [1.82, 2.24) is 0 Å². The van der Waals surface area contributed by atoms with E-state index in [0.29, 0.717) is 5.56 Å². The normalized spacial score (nSPS) is 10.2. The van der Waals surface area contributed by atoms with Crippen molar-refractivity contribution in [1.29, 1.82) is 0 Å². The molecule has 15 heavy (non-hydrogen) atoms. The molecule has 0 spiro atoms. The van der Waals surface area contributed by atoms with E-state index in [1.807, 2.05) is 30.5 Å². The third-order valence-corrected chi connectivity index (χ3v) is 2.99. The highest BCUT2D eigenvalue weighted by molar-refractivity contribution is 7.08. The summed E-state index contributed by atoms with van der Waals surface area (Å²) < 4.78 is 0. The van der Waals surface area contributed by atoms with Gasteiger partial charge in [-0.05, 0) is 46.5 Å². The Kier molecular flexibility index (Phi) is 2.56. The Hall–Kier alpha value is -1.61. The molecule has 2 rings (SSSR count). The molecule has 0 aliphatic heterocycles. The Balaban J connectivity index is 2.47. The second-order valence-corrected chi connectivity index (χ2v) is 4.13. The van der Waals surface area contributed by atoms with Crippen molar-refractivity contribution in [3.8, 4) is 11.1 Å². The largest absolute Gasteiger partial charge is 0.478 e. The van der Waals surface area contributed by atoms with E-state index in [4.69, 9.17) is 5.11 Å².